The van der Waals surface area contributed by atoms with Crippen molar-refractivity contribution in [2.75, 3.05) is 19.6 Å². The van der Waals surface area contributed by atoms with Crippen LogP contribution >= 0.6 is 0 Å². The molecule has 0 bridgehead atoms. The molecule has 3 amide bonds. The van der Waals surface area contributed by atoms with E-state index in [4.69, 9.17) is 0 Å². The molecule has 0 spiro atoms. The Morgan fingerprint density at radius 3 is 0.796 bits per heavy atom. The van der Waals surface area contributed by atoms with Crippen molar-refractivity contribution in [1.82, 2.24) is 28.4 Å². The molecule has 0 N–H and O–H groups in total. The fourth-order valence-electron chi connectivity index (χ4n) is 7.41. The van der Waals surface area contributed by atoms with Crippen LogP contribution in [0.2, 0.25) is 0 Å². The molecule has 1 heterocycles. The van der Waals surface area contributed by atoms with Crippen molar-refractivity contribution < 1.29 is 14.4 Å². The van der Waals surface area contributed by atoms with E-state index >= 15 is 0 Å². The molecule has 0 saturated heterocycles. The van der Waals surface area contributed by atoms with Crippen LogP contribution in [0.4, 0.5) is 0 Å². The molecule has 12 nitrogen and oxygen atoms in total. The standard InChI is InChI=1S/C42H78N6O6/c1-10-43(34(4)5)37(49)28-22-16-13-19-25-31-46-40(52)47(32-26-20-14-17-23-29-38(50)44(11-2)35(6)7)42(54)48(41(46)53)33-27-21-15-18-24-30-39(51)45(12-3)36(8)9/h34-36H,10-33H2,1-9H3. The van der Waals surface area contributed by atoms with Crippen LogP contribution in [-0.2, 0) is 34.0 Å². The monoisotopic (exact) mass is 763 g/mol. The lowest BCUT2D eigenvalue weighted by molar-refractivity contribution is -0.133. The summed E-state index contributed by atoms with van der Waals surface area (Å²) >= 11 is 0. The summed E-state index contributed by atoms with van der Waals surface area (Å²) in [5.41, 5.74) is -1.61. The molecule has 0 unspecified atom stereocenters. The van der Waals surface area contributed by atoms with Gasteiger partial charge in [-0.2, -0.15) is 0 Å². The molecule has 1 aromatic heterocycles. The van der Waals surface area contributed by atoms with Crippen LogP contribution < -0.4 is 17.1 Å². The Bertz CT molecular complexity index is 1210. The summed E-state index contributed by atoms with van der Waals surface area (Å²) in [5.74, 6) is 0.547. The van der Waals surface area contributed by atoms with Gasteiger partial charge < -0.3 is 14.7 Å². The highest BCUT2D eigenvalue weighted by Gasteiger charge is 2.18. The zero-order chi connectivity index (χ0) is 40.6. The van der Waals surface area contributed by atoms with Crippen molar-refractivity contribution in [3.63, 3.8) is 0 Å². The van der Waals surface area contributed by atoms with E-state index in [1.807, 2.05) is 77.0 Å². The first-order valence-corrected chi connectivity index (χ1v) is 21.6. The average Bonchev–Trinajstić information content (AvgIpc) is 3.11. The topological polar surface area (TPSA) is 127 Å². The summed E-state index contributed by atoms with van der Waals surface area (Å²) in [4.78, 5) is 83.8. The third kappa shape index (κ3) is 17.1. The number of rotatable bonds is 30. The van der Waals surface area contributed by atoms with Crippen LogP contribution in [0.15, 0.2) is 14.4 Å². The molecule has 12 heteroatoms. The fraction of sp³-hybridized carbons (Fsp3) is 0.857. The number of hydrogen-bond donors (Lipinski definition) is 0. The first kappa shape index (κ1) is 48.8. The first-order chi connectivity index (χ1) is 25.7. The minimum absolute atomic E-state index is 0.182. The maximum Gasteiger partial charge on any atom is 0.336 e. The Morgan fingerprint density at radius 2 is 0.593 bits per heavy atom. The van der Waals surface area contributed by atoms with Gasteiger partial charge in [0.1, 0.15) is 0 Å². The summed E-state index contributed by atoms with van der Waals surface area (Å²) < 4.78 is 3.73. The van der Waals surface area contributed by atoms with Gasteiger partial charge in [0.25, 0.3) is 0 Å². The van der Waals surface area contributed by atoms with Crippen LogP contribution in [0.3, 0.4) is 0 Å². The maximum absolute atomic E-state index is 13.6. The van der Waals surface area contributed by atoms with Gasteiger partial charge in [-0.3, -0.25) is 14.4 Å². The third-order valence-electron chi connectivity index (χ3n) is 10.6. The zero-order valence-corrected chi connectivity index (χ0v) is 35.8. The molecule has 0 saturated carbocycles. The Morgan fingerprint density at radius 1 is 0.389 bits per heavy atom. The van der Waals surface area contributed by atoms with E-state index in [1.54, 1.807) is 0 Å². The Kier molecular flexibility index (Phi) is 24.8. The summed E-state index contributed by atoms with van der Waals surface area (Å²) in [5, 5.41) is 0. The van der Waals surface area contributed by atoms with Crippen LogP contribution in [0, 0.1) is 0 Å². The van der Waals surface area contributed by atoms with Gasteiger partial charge in [-0.1, -0.05) is 57.8 Å². The van der Waals surface area contributed by atoms with Crippen LogP contribution in [0.5, 0.6) is 0 Å². The number of unbranched alkanes of at least 4 members (excludes halogenated alkanes) is 12. The predicted octanol–water partition coefficient (Wildman–Crippen LogP) is 6.96. The molecule has 1 rings (SSSR count). The predicted molar refractivity (Wildman–Crippen MR) is 220 cm³/mol. The minimum atomic E-state index is -0.536. The summed E-state index contributed by atoms with van der Waals surface area (Å²) in [6, 6.07) is 0.585. The molecule has 1 aromatic rings. The quantitative estimate of drug-likeness (QED) is 0.0780. The van der Waals surface area contributed by atoms with Gasteiger partial charge in [0.2, 0.25) is 17.7 Å². The maximum atomic E-state index is 13.6. The molecule has 0 aromatic carbocycles. The molecular formula is C42H78N6O6. The summed E-state index contributed by atoms with van der Waals surface area (Å²) in [6.07, 6.45) is 13.9. The molecule has 0 atom stereocenters. The lowest BCUT2D eigenvalue weighted by Crippen LogP contribution is -2.54. The van der Waals surface area contributed by atoms with E-state index in [0.717, 1.165) is 77.0 Å². The van der Waals surface area contributed by atoms with E-state index in [2.05, 4.69) is 0 Å². The van der Waals surface area contributed by atoms with Crippen LogP contribution in [0.1, 0.15) is 178 Å². The van der Waals surface area contributed by atoms with Gasteiger partial charge in [-0.15, -0.1) is 0 Å². The van der Waals surface area contributed by atoms with Crippen molar-refractivity contribution >= 4 is 17.7 Å². The normalized spacial score (nSPS) is 11.6. The fourth-order valence-corrected chi connectivity index (χ4v) is 7.41. The lowest BCUT2D eigenvalue weighted by Gasteiger charge is -2.25. The van der Waals surface area contributed by atoms with Gasteiger partial charge in [0.05, 0.1) is 0 Å². The number of carbonyl (C=O) groups excluding carboxylic acids is 3. The highest BCUT2D eigenvalue weighted by Crippen LogP contribution is 2.12. The van der Waals surface area contributed by atoms with Crippen molar-refractivity contribution in [1.29, 1.82) is 0 Å². The van der Waals surface area contributed by atoms with Crippen LogP contribution in [0.25, 0.3) is 0 Å². The van der Waals surface area contributed by atoms with E-state index in [0.29, 0.717) is 58.2 Å². The first-order valence-electron chi connectivity index (χ1n) is 21.6. The third-order valence-corrected chi connectivity index (χ3v) is 10.6. The molecule has 0 aliphatic carbocycles. The van der Waals surface area contributed by atoms with Gasteiger partial charge in [0.15, 0.2) is 0 Å². The Labute approximate surface area is 326 Å². The van der Waals surface area contributed by atoms with Crippen molar-refractivity contribution in [2.24, 2.45) is 0 Å². The SMILES string of the molecule is CCN(C(=O)CCCCCCCn1c(=O)n(CCCCCCCC(=O)N(CC)C(C)C)c(=O)n(CCCCCCCC(=O)N(CC)C(C)C)c1=O)C(C)C. The van der Waals surface area contributed by atoms with E-state index in [1.165, 1.54) is 13.7 Å². The number of carbonyl (C=O) groups is 3. The zero-order valence-electron chi connectivity index (χ0n) is 35.8. The molecule has 0 radical (unpaired) electrons. The number of hydrogen-bond acceptors (Lipinski definition) is 6. The van der Waals surface area contributed by atoms with Gasteiger partial charge in [-0.05, 0) is 101 Å². The molecule has 0 aliphatic heterocycles. The Balaban J connectivity index is 2.83. The van der Waals surface area contributed by atoms with Crippen molar-refractivity contribution in [3.8, 4) is 0 Å². The molecule has 54 heavy (non-hydrogen) atoms. The minimum Gasteiger partial charge on any atom is -0.341 e. The van der Waals surface area contributed by atoms with Gasteiger partial charge in [0, 0.05) is 76.7 Å². The second-order valence-corrected chi connectivity index (χ2v) is 15.7. The van der Waals surface area contributed by atoms with E-state index < -0.39 is 17.1 Å². The van der Waals surface area contributed by atoms with Crippen LogP contribution in [-0.4, -0.2) is 83.9 Å². The highest BCUT2D eigenvalue weighted by atomic mass is 16.2. The second-order valence-electron chi connectivity index (χ2n) is 15.7. The second kappa shape index (κ2) is 27.4. The number of aromatic nitrogens is 3. The largest absolute Gasteiger partial charge is 0.341 e. The van der Waals surface area contributed by atoms with E-state index in [-0.39, 0.29) is 55.5 Å². The highest BCUT2D eigenvalue weighted by molar-refractivity contribution is 5.77. The molecule has 0 fully saturated rings. The number of nitrogens with zero attached hydrogens (tertiary/aromatic N) is 6. The molecule has 0 aliphatic rings. The van der Waals surface area contributed by atoms with Gasteiger partial charge >= 0.3 is 17.1 Å². The Hall–Kier alpha value is -3.18. The summed E-state index contributed by atoms with van der Waals surface area (Å²) in [7, 11) is 0. The van der Waals surface area contributed by atoms with Crippen molar-refractivity contribution in [2.45, 2.75) is 216 Å². The molecular weight excluding hydrogens is 684 g/mol. The number of amides is 3. The smallest absolute Gasteiger partial charge is 0.336 e. The summed E-state index contributed by atoms with van der Waals surface area (Å²) in [6.45, 7) is 21.1. The van der Waals surface area contributed by atoms with Gasteiger partial charge in [-0.25, -0.2) is 28.1 Å². The lowest BCUT2D eigenvalue weighted by atomic mass is 10.1. The van der Waals surface area contributed by atoms with E-state index in [9.17, 15) is 28.8 Å². The van der Waals surface area contributed by atoms with Crippen molar-refractivity contribution in [3.05, 3.63) is 31.5 Å². The average molecular weight is 763 g/mol. The molecule has 312 valence electrons.